The van der Waals surface area contributed by atoms with Gasteiger partial charge in [0.15, 0.2) is 0 Å². The largest absolute Gasteiger partial charge is 0.495 e. The Morgan fingerprint density at radius 1 is 1.47 bits per heavy atom. The minimum absolute atomic E-state index is 0.639. The number of benzene rings is 1. The average molecular weight is 254 g/mol. The second-order valence-electron chi connectivity index (χ2n) is 4.96. The van der Waals surface area contributed by atoms with Crippen molar-refractivity contribution in [3.63, 3.8) is 0 Å². The van der Waals surface area contributed by atoms with E-state index >= 15 is 0 Å². The van der Waals surface area contributed by atoms with Crippen LogP contribution in [0.5, 0.6) is 5.75 Å². The molecule has 1 atom stereocenters. The third kappa shape index (κ3) is 3.90. The normalized spacial score (nSPS) is 16.9. The predicted octanol–water partition coefficient (Wildman–Crippen LogP) is 3.28. The Morgan fingerprint density at radius 3 is 2.82 bits per heavy atom. The molecule has 0 radical (unpaired) electrons. The molecule has 2 rings (SSSR count). The minimum Gasteiger partial charge on any atom is -0.495 e. The standard InChI is InChI=1S/C14H20ClNO/c1-10(9-16-12-4-5-12)7-11-3-6-14(17-2)13(15)8-11/h3,6,8,10,12,16H,4-5,7,9H2,1-2H3. The Bertz CT molecular complexity index is 376. The van der Waals surface area contributed by atoms with Crippen LogP contribution >= 0.6 is 11.6 Å². The van der Waals surface area contributed by atoms with Gasteiger partial charge in [0.05, 0.1) is 12.1 Å². The molecule has 2 nitrogen and oxygen atoms in total. The van der Waals surface area contributed by atoms with Gasteiger partial charge in [0.1, 0.15) is 5.75 Å². The molecule has 0 amide bonds. The molecule has 1 aliphatic rings. The fraction of sp³-hybridized carbons (Fsp3) is 0.571. The maximum atomic E-state index is 6.11. The molecule has 0 aromatic heterocycles. The van der Waals surface area contributed by atoms with Gasteiger partial charge < -0.3 is 10.1 Å². The molecule has 3 heteroatoms. The second kappa shape index (κ2) is 5.74. The van der Waals surface area contributed by atoms with Crippen molar-refractivity contribution in [1.29, 1.82) is 0 Å². The molecule has 1 unspecified atom stereocenters. The van der Waals surface area contributed by atoms with Crippen LogP contribution in [0.1, 0.15) is 25.3 Å². The Kier molecular flexibility index (Phi) is 4.30. The van der Waals surface area contributed by atoms with Crippen LogP contribution in [0, 0.1) is 5.92 Å². The van der Waals surface area contributed by atoms with Crippen molar-refractivity contribution in [3.8, 4) is 5.75 Å². The number of halogens is 1. The van der Waals surface area contributed by atoms with E-state index in [2.05, 4.69) is 18.3 Å². The molecule has 1 aromatic rings. The highest BCUT2D eigenvalue weighted by Crippen LogP contribution is 2.26. The Hall–Kier alpha value is -0.730. The highest BCUT2D eigenvalue weighted by atomic mass is 35.5. The van der Waals surface area contributed by atoms with Gasteiger partial charge in [-0.3, -0.25) is 0 Å². The van der Waals surface area contributed by atoms with Crippen molar-refractivity contribution in [2.24, 2.45) is 5.92 Å². The van der Waals surface area contributed by atoms with E-state index < -0.39 is 0 Å². The number of ether oxygens (including phenoxy) is 1. The summed E-state index contributed by atoms with van der Waals surface area (Å²) in [6, 6.07) is 6.84. The predicted molar refractivity (Wildman–Crippen MR) is 71.9 cm³/mol. The van der Waals surface area contributed by atoms with Gasteiger partial charge in [-0.15, -0.1) is 0 Å². The van der Waals surface area contributed by atoms with Crippen molar-refractivity contribution in [2.45, 2.75) is 32.2 Å². The summed E-state index contributed by atoms with van der Waals surface area (Å²) in [6.07, 6.45) is 3.76. The van der Waals surface area contributed by atoms with Gasteiger partial charge in [-0.2, -0.15) is 0 Å². The molecule has 1 aromatic carbocycles. The van der Waals surface area contributed by atoms with Crippen molar-refractivity contribution < 1.29 is 4.74 Å². The van der Waals surface area contributed by atoms with Gasteiger partial charge in [-0.25, -0.2) is 0 Å². The first-order chi connectivity index (χ1) is 8.19. The SMILES string of the molecule is COc1ccc(CC(C)CNC2CC2)cc1Cl. The van der Waals surface area contributed by atoms with E-state index in [-0.39, 0.29) is 0 Å². The summed E-state index contributed by atoms with van der Waals surface area (Å²) in [5.74, 6) is 1.39. The minimum atomic E-state index is 0.639. The van der Waals surface area contributed by atoms with Gasteiger partial charge in [0, 0.05) is 6.04 Å². The Morgan fingerprint density at radius 2 is 2.24 bits per heavy atom. The van der Waals surface area contributed by atoms with E-state index in [0.29, 0.717) is 10.9 Å². The van der Waals surface area contributed by atoms with Crippen molar-refractivity contribution >= 4 is 11.6 Å². The number of methoxy groups -OCH3 is 1. The molecule has 0 spiro atoms. The monoisotopic (exact) mass is 253 g/mol. The molecule has 0 aliphatic heterocycles. The maximum absolute atomic E-state index is 6.11. The molecule has 17 heavy (non-hydrogen) atoms. The summed E-state index contributed by atoms with van der Waals surface area (Å²) in [5.41, 5.74) is 1.28. The first-order valence-electron chi connectivity index (χ1n) is 6.25. The zero-order valence-corrected chi connectivity index (χ0v) is 11.3. The lowest BCUT2D eigenvalue weighted by Crippen LogP contribution is -2.24. The van der Waals surface area contributed by atoms with E-state index in [1.165, 1.54) is 18.4 Å². The zero-order valence-electron chi connectivity index (χ0n) is 10.5. The number of nitrogens with one attached hydrogen (secondary N) is 1. The highest BCUT2D eigenvalue weighted by Gasteiger charge is 2.20. The average Bonchev–Trinajstić information content (AvgIpc) is 3.10. The Labute approximate surface area is 108 Å². The first kappa shape index (κ1) is 12.7. The lowest BCUT2D eigenvalue weighted by atomic mass is 10.0. The van der Waals surface area contributed by atoms with Crippen LogP contribution < -0.4 is 10.1 Å². The van der Waals surface area contributed by atoms with Gasteiger partial charge in [0.25, 0.3) is 0 Å². The fourth-order valence-electron chi connectivity index (χ4n) is 1.97. The molecular formula is C14H20ClNO. The van der Waals surface area contributed by atoms with E-state index in [1.54, 1.807) is 7.11 Å². The first-order valence-corrected chi connectivity index (χ1v) is 6.62. The van der Waals surface area contributed by atoms with E-state index in [1.807, 2.05) is 12.1 Å². The molecule has 0 heterocycles. The van der Waals surface area contributed by atoms with Gasteiger partial charge in [-0.05, 0) is 49.4 Å². The molecule has 94 valence electrons. The quantitative estimate of drug-likeness (QED) is 0.840. The molecule has 0 bridgehead atoms. The zero-order chi connectivity index (χ0) is 12.3. The number of hydrogen-bond donors (Lipinski definition) is 1. The van der Waals surface area contributed by atoms with E-state index in [4.69, 9.17) is 16.3 Å². The van der Waals surface area contributed by atoms with Crippen LogP contribution in [0.25, 0.3) is 0 Å². The molecule has 1 aliphatic carbocycles. The lowest BCUT2D eigenvalue weighted by Gasteiger charge is -2.13. The van der Waals surface area contributed by atoms with Crippen LogP contribution in [0.3, 0.4) is 0 Å². The van der Waals surface area contributed by atoms with Crippen LogP contribution in [-0.2, 0) is 6.42 Å². The molecular weight excluding hydrogens is 234 g/mol. The third-order valence-corrected chi connectivity index (χ3v) is 3.43. The van der Waals surface area contributed by atoms with Gasteiger partial charge in [-0.1, -0.05) is 24.6 Å². The summed E-state index contributed by atoms with van der Waals surface area (Å²) in [4.78, 5) is 0. The highest BCUT2D eigenvalue weighted by molar-refractivity contribution is 6.32. The number of hydrogen-bond acceptors (Lipinski definition) is 2. The smallest absolute Gasteiger partial charge is 0.137 e. The summed E-state index contributed by atoms with van der Waals surface area (Å²) < 4.78 is 5.15. The second-order valence-corrected chi connectivity index (χ2v) is 5.37. The van der Waals surface area contributed by atoms with Crippen LogP contribution in [0.2, 0.25) is 5.02 Å². The Balaban J connectivity index is 1.86. The van der Waals surface area contributed by atoms with Crippen molar-refractivity contribution in [1.82, 2.24) is 5.32 Å². The van der Waals surface area contributed by atoms with Crippen LogP contribution in [0.4, 0.5) is 0 Å². The van der Waals surface area contributed by atoms with Gasteiger partial charge in [0.2, 0.25) is 0 Å². The van der Waals surface area contributed by atoms with Crippen molar-refractivity contribution in [2.75, 3.05) is 13.7 Å². The summed E-state index contributed by atoms with van der Waals surface area (Å²) in [5, 5.41) is 4.26. The van der Waals surface area contributed by atoms with E-state index in [0.717, 1.165) is 24.8 Å². The topological polar surface area (TPSA) is 21.3 Å². The lowest BCUT2D eigenvalue weighted by molar-refractivity contribution is 0.414. The molecule has 1 fully saturated rings. The fourth-order valence-corrected chi connectivity index (χ4v) is 2.25. The van der Waals surface area contributed by atoms with Gasteiger partial charge >= 0.3 is 0 Å². The maximum Gasteiger partial charge on any atom is 0.137 e. The summed E-state index contributed by atoms with van der Waals surface area (Å²) in [7, 11) is 1.64. The number of rotatable bonds is 6. The van der Waals surface area contributed by atoms with Crippen molar-refractivity contribution in [3.05, 3.63) is 28.8 Å². The third-order valence-electron chi connectivity index (χ3n) is 3.13. The van der Waals surface area contributed by atoms with Crippen LogP contribution in [0.15, 0.2) is 18.2 Å². The molecule has 1 saturated carbocycles. The summed E-state index contributed by atoms with van der Waals surface area (Å²) >= 11 is 6.11. The van der Waals surface area contributed by atoms with E-state index in [9.17, 15) is 0 Å². The summed E-state index contributed by atoms with van der Waals surface area (Å²) in [6.45, 7) is 3.36. The molecule has 0 saturated heterocycles. The molecule has 1 N–H and O–H groups in total. The van der Waals surface area contributed by atoms with Crippen LogP contribution in [-0.4, -0.2) is 19.7 Å².